The molecule has 120 valence electrons. The molecule has 1 aliphatic rings. The van der Waals surface area contributed by atoms with E-state index in [2.05, 4.69) is 0 Å². The SMILES string of the molecule is O=C([O-])c1ccc(N2C(=O)/C(=C/c3cccc(Cl)c3)SC2=S)cc1. The van der Waals surface area contributed by atoms with Gasteiger partial charge in [-0.3, -0.25) is 9.69 Å². The highest BCUT2D eigenvalue weighted by Gasteiger charge is 2.33. The lowest BCUT2D eigenvalue weighted by molar-refractivity contribution is -0.255. The van der Waals surface area contributed by atoms with Crippen molar-refractivity contribution in [3.8, 4) is 0 Å². The van der Waals surface area contributed by atoms with E-state index in [-0.39, 0.29) is 11.5 Å². The Morgan fingerprint density at radius 1 is 1.21 bits per heavy atom. The molecule has 1 amide bonds. The molecular formula is C17H9ClNO3S2-. The molecule has 0 bridgehead atoms. The van der Waals surface area contributed by atoms with Gasteiger partial charge < -0.3 is 9.90 Å². The number of carbonyl (C=O) groups excluding carboxylic acids is 2. The quantitative estimate of drug-likeness (QED) is 0.610. The maximum absolute atomic E-state index is 12.6. The highest BCUT2D eigenvalue weighted by molar-refractivity contribution is 8.27. The van der Waals surface area contributed by atoms with Crippen LogP contribution in [0.2, 0.25) is 5.02 Å². The number of carbonyl (C=O) groups is 2. The molecule has 0 radical (unpaired) electrons. The Bertz CT molecular complexity index is 878. The number of halogens is 1. The number of hydrogen-bond acceptors (Lipinski definition) is 5. The Morgan fingerprint density at radius 2 is 1.92 bits per heavy atom. The predicted octanol–water partition coefficient (Wildman–Crippen LogP) is 3.11. The van der Waals surface area contributed by atoms with E-state index in [9.17, 15) is 14.7 Å². The fourth-order valence-corrected chi connectivity index (χ4v) is 3.68. The van der Waals surface area contributed by atoms with Crippen LogP contribution >= 0.6 is 35.6 Å². The van der Waals surface area contributed by atoms with Crippen molar-refractivity contribution in [2.24, 2.45) is 0 Å². The highest BCUT2D eigenvalue weighted by Crippen LogP contribution is 2.36. The van der Waals surface area contributed by atoms with Crippen LogP contribution in [0.1, 0.15) is 15.9 Å². The van der Waals surface area contributed by atoms with Crippen LogP contribution in [0.3, 0.4) is 0 Å². The number of carboxylic acid groups (broad SMARTS) is 1. The van der Waals surface area contributed by atoms with Crippen molar-refractivity contribution in [1.82, 2.24) is 0 Å². The maximum atomic E-state index is 12.6. The largest absolute Gasteiger partial charge is 0.545 e. The molecule has 0 atom stereocenters. The summed E-state index contributed by atoms with van der Waals surface area (Å²) in [5.41, 5.74) is 1.35. The zero-order valence-corrected chi connectivity index (χ0v) is 14.5. The number of thioether (sulfide) groups is 1. The molecule has 0 unspecified atom stereocenters. The Labute approximate surface area is 152 Å². The minimum absolute atomic E-state index is 0.0404. The second-order valence-electron chi connectivity index (χ2n) is 4.91. The maximum Gasteiger partial charge on any atom is 0.270 e. The molecule has 1 heterocycles. The summed E-state index contributed by atoms with van der Waals surface area (Å²) in [6.45, 7) is 0. The number of carboxylic acids is 1. The van der Waals surface area contributed by atoms with Crippen LogP contribution in [0.15, 0.2) is 53.4 Å². The summed E-state index contributed by atoms with van der Waals surface area (Å²) in [7, 11) is 0. The Balaban J connectivity index is 1.90. The number of anilines is 1. The molecule has 2 aromatic rings. The van der Waals surface area contributed by atoms with Crippen molar-refractivity contribution >= 4 is 63.5 Å². The van der Waals surface area contributed by atoms with E-state index >= 15 is 0 Å². The van der Waals surface area contributed by atoms with E-state index < -0.39 is 5.97 Å². The van der Waals surface area contributed by atoms with Crippen LogP contribution in [-0.4, -0.2) is 16.2 Å². The average molecular weight is 375 g/mol. The van der Waals surface area contributed by atoms with Crippen molar-refractivity contribution in [2.45, 2.75) is 0 Å². The molecule has 0 spiro atoms. The Kier molecular flexibility index (Phi) is 4.71. The van der Waals surface area contributed by atoms with Gasteiger partial charge >= 0.3 is 0 Å². The standard InChI is InChI=1S/C17H10ClNO3S2/c18-12-3-1-2-10(8-12)9-14-15(20)19(17(23)24-14)13-6-4-11(5-7-13)16(21)22/h1-9H,(H,21,22)/p-1/b14-9-. The molecule has 0 aromatic heterocycles. The third-order valence-electron chi connectivity index (χ3n) is 3.30. The summed E-state index contributed by atoms with van der Waals surface area (Å²) >= 11 is 12.4. The van der Waals surface area contributed by atoms with E-state index in [4.69, 9.17) is 23.8 Å². The van der Waals surface area contributed by atoms with E-state index in [0.29, 0.717) is 19.9 Å². The number of amides is 1. The van der Waals surface area contributed by atoms with E-state index in [1.165, 1.54) is 40.9 Å². The van der Waals surface area contributed by atoms with Gasteiger partial charge in [-0.05, 0) is 41.5 Å². The van der Waals surface area contributed by atoms with Gasteiger partial charge in [-0.1, -0.05) is 59.8 Å². The first-order valence-corrected chi connectivity index (χ1v) is 8.41. The summed E-state index contributed by atoms with van der Waals surface area (Å²) in [4.78, 5) is 25.3. The summed E-state index contributed by atoms with van der Waals surface area (Å²) in [6, 6.07) is 13.0. The minimum atomic E-state index is -1.27. The molecule has 1 aliphatic heterocycles. The van der Waals surface area contributed by atoms with Gasteiger partial charge in [0.25, 0.3) is 5.91 Å². The molecule has 24 heavy (non-hydrogen) atoms. The summed E-state index contributed by atoms with van der Waals surface area (Å²) in [5.74, 6) is -1.53. The zero-order valence-electron chi connectivity index (χ0n) is 12.1. The molecule has 2 aromatic carbocycles. The van der Waals surface area contributed by atoms with Gasteiger partial charge in [0, 0.05) is 5.02 Å². The molecule has 7 heteroatoms. The Morgan fingerprint density at radius 3 is 2.54 bits per heavy atom. The summed E-state index contributed by atoms with van der Waals surface area (Å²) in [6.07, 6.45) is 1.72. The number of hydrogen-bond donors (Lipinski definition) is 0. The smallest absolute Gasteiger partial charge is 0.270 e. The van der Waals surface area contributed by atoms with Crippen molar-refractivity contribution in [1.29, 1.82) is 0 Å². The van der Waals surface area contributed by atoms with Crippen LogP contribution in [0.4, 0.5) is 5.69 Å². The van der Waals surface area contributed by atoms with Crippen molar-refractivity contribution in [3.63, 3.8) is 0 Å². The minimum Gasteiger partial charge on any atom is -0.545 e. The third kappa shape index (κ3) is 3.36. The van der Waals surface area contributed by atoms with Gasteiger partial charge in [0.15, 0.2) is 4.32 Å². The molecular weight excluding hydrogens is 366 g/mol. The van der Waals surface area contributed by atoms with Crippen LogP contribution in [-0.2, 0) is 4.79 Å². The lowest BCUT2D eigenvalue weighted by Gasteiger charge is -2.15. The van der Waals surface area contributed by atoms with E-state index in [0.717, 1.165) is 5.56 Å². The highest BCUT2D eigenvalue weighted by atomic mass is 35.5. The van der Waals surface area contributed by atoms with Gasteiger partial charge in [-0.2, -0.15) is 0 Å². The number of rotatable bonds is 3. The number of nitrogens with zero attached hydrogens (tertiary/aromatic N) is 1. The lowest BCUT2D eigenvalue weighted by Crippen LogP contribution is -2.28. The lowest BCUT2D eigenvalue weighted by atomic mass is 10.2. The van der Waals surface area contributed by atoms with Gasteiger partial charge in [-0.25, -0.2) is 0 Å². The zero-order chi connectivity index (χ0) is 17.3. The first kappa shape index (κ1) is 16.7. The molecule has 1 saturated heterocycles. The van der Waals surface area contributed by atoms with Gasteiger partial charge in [0.05, 0.1) is 16.6 Å². The van der Waals surface area contributed by atoms with Crippen LogP contribution in [0.5, 0.6) is 0 Å². The molecule has 0 saturated carbocycles. The Hall–Kier alpha value is -2.15. The van der Waals surface area contributed by atoms with Gasteiger partial charge in [-0.15, -0.1) is 0 Å². The first-order valence-electron chi connectivity index (χ1n) is 6.80. The van der Waals surface area contributed by atoms with Crippen molar-refractivity contribution in [2.75, 3.05) is 4.90 Å². The van der Waals surface area contributed by atoms with Gasteiger partial charge in [0.1, 0.15) is 0 Å². The number of thiocarbonyl (C=S) groups is 1. The summed E-state index contributed by atoms with van der Waals surface area (Å²) < 4.78 is 0.384. The molecule has 0 aliphatic carbocycles. The fraction of sp³-hybridized carbons (Fsp3) is 0. The summed E-state index contributed by atoms with van der Waals surface area (Å²) in [5, 5.41) is 11.4. The number of benzene rings is 2. The van der Waals surface area contributed by atoms with Gasteiger partial charge in [0.2, 0.25) is 0 Å². The average Bonchev–Trinajstić information content (AvgIpc) is 2.81. The molecule has 0 N–H and O–H groups in total. The van der Waals surface area contributed by atoms with Crippen molar-refractivity contribution in [3.05, 3.63) is 69.6 Å². The molecule has 1 fully saturated rings. The van der Waals surface area contributed by atoms with Crippen LogP contribution in [0.25, 0.3) is 6.08 Å². The van der Waals surface area contributed by atoms with Crippen LogP contribution in [0, 0.1) is 0 Å². The molecule has 3 rings (SSSR count). The third-order valence-corrected chi connectivity index (χ3v) is 4.84. The molecule has 4 nitrogen and oxygen atoms in total. The van der Waals surface area contributed by atoms with Crippen molar-refractivity contribution < 1.29 is 14.7 Å². The second-order valence-corrected chi connectivity index (χ2v) is 7.02. The first-order chi connectivity index (χ1) is 11.5. The fourth-order valence-electron chi connectivity index (χ4n) is 2.18. The van der Waals surface area contributed by atoms with E-state index in [1.54, 1.807) is 24.3 Å². The topological polar surface area (TPSA) is 60.4 Å². The van der Waals surface area contributed by atoms with E-state index in [1.807, 2.05) is 6.07 Å². The second kappa shape index (κ2) is 6.76. The van der Waals surface area contributed by atoms with Crippen LogP contribution < -0.4 is 10.0 Å². The normalized spacial score (nSPS) is 16.0. The monoisotopic (exact) mass is 374 g/mol. The predicted molar refractivity (Wildman–Crippen MR) is 97.9 cm³/mol. The number of aromatic carboxylic acids is 1.